The Hall–Kier alpha value is -2.66. The van der Waals surface area contributed by atoms with Crippen molar-refractivity contribution >= 4 is 27.9 Å². The molecule has 0 fully saturated rings. The maximum Gasteiger partial charge on any atom is 0.244 e. The van der Waals surface area contributed by atoms with Crippen molar-refractivity contribution in [3.8, 4) is 0 Å². The summed E-state index contributed by atoms with van der Waals surface area (Å²) in [6.45, 7) is 0. The van der Waals surface area contributed by atoms with Crippen molar-refractivity contribution < 1.29 is 4.79 Å². The summed E-state index contributed by atoms with van der Waals surface area (Å²) in [5.41, 5.74) is 1.94. The van der Waals surface area contributed by atoms with Crippen LogP contribution in [0.1, 0.15) is 23.0 Å². The number of nitrogens with zero attached hydrogens (tertiary/aromatic N) is 2. The number of aryl methyl sites for hydroxylation is 1. The second-order valence-electron chi connectivity index (χ2n) is 5.64. The third-order valence-corrected chi connectivity index (χ3v) is 4.31. The molecule has 1 unspecified atom stereocenters. The fourth-order valence-electron chi connectivity index (χ4n) is 2.57. The Morgan fingerprint density at radius 1 is 1.20 bits per heavy atom. The molecular formula is C20H18BrN3O. The minimum atomic E-state index is -0.305. The highest BCUT2D eigenvalue weighted by atomic mass is 79.9. The Kier molecular flexibility index (Phi) is 5.46. The minimum Gasteiger partial charge on any atom is -0.339 e. The summed E-state index contributed by atoms with van der Waals surface area (Å²) in [7, 11) is 1.92. The molecule has 0 aliphatic heterocycles. The van der Waals surface area contributed by atoms with Crippen LogP contribution in [0, 0.1) is 0 Å². The molecule has 1 aromatic heterocycles. The van der Waals surface area contributed by atoms with Gasteiger partial charge in [0.05, 0.1) is 0 Å². The number of carbonyl (C=O) groups excluding carboxylic acids is 1. The van der Waals surface area contributed by atoms with Crippen LogP contribution >= 0.6 is 15.9 Å². The molecule has 1 amide bonds. The van der Waals surface area contributed by atoms with E-state index in [4.69, 9.17) is 0 Å². The number of halogens is 1. The first-order valence-corrected chi connectivity index (χ1v) is 8.69. The fourth-order valence-corrected chi connectivity index (χ4v) is 2.99. The zero-order valence-corrected chi connectivity index (χ0v) is 15.3. The average molecular weight is 396 g/mol. The van der Waals surface area contributed by atoms with Gasteiger partial charge in [0, 0.05) is 30.0 Å². The van der Waals surface area contributed by atoms with Crippen LogP contribution in [0.25, 0.3) is 6.08 Å². The zero-order valence-electron chi connectivity index (χ0n) is 13.8. The zero-order chi connectivity index (χ0) is 17.6. The van der Waals surface area contributed by atoms with E-state index >= 15 is 0 Å². The first-order valence-electron chi connectivity index (χ1n) is 7.90. The van der Waals surface area contributed by atoms with Crippen LogP contribution in [0.4, 0.5) is 0 Å². The van der Waals surface area contributed by atoms with Gasteiger partial charge in [-0.2, -0.15) is 0 Å². The van der Waals surface area contributed by atoms with Crippen LogP contribution in [0.5, 0.6) is 0 Å². The van der Waals surface area contributed by atoms with Gasteiger partial charge in [0.2, 0.25) is 5.91 Å². The monoisotopic (exact) mass is 395 g/mol. The summed E-state index contributed by atoms with van der Waals surface area (Å²) in [5.74, 6) is 0.618. The highest BCUT2D eigenvalue weighted by Crippen LogP contribution is 2.20. The van der Waals surface area contributed by atoms with E-state index in [2.05, 4.69) is 26.2 Å². The lowest BCUT2D eigenvalue weighted by Crippen LogP contribution is -2.29. The molecule has 1 heterocycles. The predicted octanol–water partition coefficient (Wildman–Crippen LogP) is 4.10. The van der Waals surface area contributed by atoms with Crippen molar-refractivity contribution in [2.45, 2.75) is 6.04 Å². The van der Waals surface area contributed by atoms with E-state index in [9.17, 15) is 4.79 Å². The molecule has 3 rings (SSSR count). The normalized spacial score (nSPS) is 12.2. The Labute approximate surface area is 155 Å². The van der Waals surface area contributed by atoms with E-state index in [0.29, 0.717) is 0 Å². The molecular weight excluding hydrogens is 378 g/mol. The van der Waals surface area contributed by atoms with Crippen LogP contribution < -0.4 is 5.32 Å². The van der Waals surface area contributed by atoms with Crippen LogP contribution in [-0.4, -0.2) is 15.5 Å². The lowest BCUT2D eigenvalue weighted by atomic mass is 10.1. The van der Waals surface area contributed by atoms with E-state index in [1.165, 1.54) is 0 Å². The largest absolute Gasteiger partial charge is 0.339 e. The summed E-state index contributed by atoms with van der Waals surface area (Å²) in [6.07, 6.45) is 6.94. The van der Waals surface area contributed by atoms with E-state index in [0.717, 1.165) is 21.4 Å². The number of aromatic nitrogens is 2. The first kappa shape index (κ1) is 17.2. The van der Waals surface area contributed by atoms with Gasteiger partial charge in [0.1, 0.15) is 11.9 Å². The number of benzene rings is 2. The van der Waals surface area contributed by atoms with E-state index < -0.39 is 0 Å². The lowest BCUT2D eigenvalue weighted by molar-refractivity contribution is -0.117. The molecule has 126 valence electrons. The fraction of sp³-hybridized carbons (Fsp3) is 0.100. The number of amides is 1. The minimum absolute atomic E-state index is 0.170. The van der Waals surface area contributed by atoms with Crippen LogP contribution in [0.2, 0.25) is 0 Å². The van der Waals surface area contributed by atoms with Gasteiger partial charge in [-0.05, 0) is 29.3 Å². The molecule has 0 spiro atoms. The van der Waals surface area contributed by atoms with Crippen molar-refractivity contribution in [3.05, 3.63) is 94.5 Å². The third kappa shape index (κ3) is 4.45. The molecule has 0 saturated heterocycles. The van der Waals surface area contributed by atoms with E-state index in [-0.39, 0.29) is 11.9 Å². The van der Waals surface area contributed by atoms with Crippen molar-refractivity contribution in [1.29, 1.82) is 0 Å². The predicted molar refractivity (Wildman–Crippen MR) is 103 cm³/mol. The van der Waals surface area contributed by atoms with Gasteiger partial charge in [-0.1, -0.05) is 58.4 Å². The number of hydrogen-bond acceptors (Lipinski definition) is 2. The maximum absolute atomic E-state index is 12.4. The molecule has 3 aromatic rings. The van der Waals surface area contributed by atoms with Crippen LogP contribution in [0.3, 0.4) is 0 Å². The molecule has 25 heavy (non-hydrogen) atoms. The summed E-state index contributed by atoms with van der Waals surface area (Å²) >= 11 is 3.43. The summed E-state index contributed by atoms with van der Waals surface area (Å²) in [6, 6.07) is 17.3. The molecule has 0 aliphatic carbocycles. The number of rotatable bonds is 5. The van der Waals surface area contributed by atoms with Gasteiger partial charge in [0.25, 0.3) is 0 Å². The van der Waals surface area contributed by atoms with Crippen molar-refractivity contribution in [1.82, 2.24) is 14.9 Å². The van der Waals surface area contributed by atoms with Crippen LogP contribution in [-0.2, 0) is 11.8 Å². The Morgan fingerprint density at radius 3 is 2.68 bits per heavy atom. The maximum atomic E-state index is 12.4. The number of nitrogens with one attached hydrogen (secondary N) is 1. The van der Waals surface area contributed by atoms with Gasteiger partial charge in [-0.25, -0.2) is 4.98 Å². The second-order valence-corrected chi connectivity index (χ2v) is 6.55. The number of hydrogen-bond donors (Lipinski definition) is 1. The Balaban J connectivity index is 1.81. The molecule has 5 heteroatoms. The topological polar surface area (TPSA) is 46.9 Å². The quantitative estimate of drug-likeness (QED) is 0.660. The molecule has 0 aliphatic rings. The van der Waals surface area contributed by atoms with Gasteiger partial charge >= 0.3 is 0 Å². The molecule has 2 aromatic carbocycles. The van der Waals surface area contributed by atoms with E-state index in [1.54, 1.807) is 18.3 Å². The van der Waals surface area contributed by atoms with Gasteiger partial charge in [-0.3, -0.25) is 4.79 Å². The molecule has 0 radical (unpaired) electrons. The molecule has 0 bridgehead atoms. The molecule has 1 atom stereocenters. The highest BCUT2D eigenvalue weighted by Gasteiger charge is 2.19. The summed E-state index contributed by atoms with van der Waals surface area (Å²) in [4.78, 5) is 16.8. The van der Waals surface area contributed by atoms with Gasteiger partial charge in [0.15, 0.2) is 0 Å². The first-order chi connectivity index (χ1) is 12.1. The molecule has 1 N–H and O–H groups in total. The summed E-state index contributed by atoms with van der Waals surface area (Å²) < 4.78 is 2.89. The second kappa shape index (κ2) is 7.94. The standard InChI is InChI=1S/C20H18BrN3O/c1-24-13-12-22-20(24)19(16-7-3-2-4-8-16)23-18(25)11-10-15-6-5-9-17(21)14-15/h2-14,19H,1H3,(H,23,25)/b11-10+. The third-order valence-electron chi connectivity index (χ3n) is 3.81. The Bertz CT molecular complexity index is 887. The van der Waals surface area contributed by atoms with Gasteiger partial charge < -0.3 is 9.88 Å². The lowest BCUT2D eigenvalue weighted by Gasteiger charge is -2.18. The average Bonchev–Trinajstić information content (AvgIpc) is 3.04. The smallest absolute Gasteiger partial charge is 0.244 e. The number of carbonyl (C=O) groups is 1. The SMILES string of the molecule is Cn1ccnc1C(NC(=O)/C=C/c1cccc(Br)c1)c1ccccc1. The molecule has 0 saturated carbocycles. The van der Waals surface area contributed by atoms with Crippen molar-refractivity contribution in [3.63, 3.8) is 0 Å². The Morgan fingerprint density at radius 2 is 2.00 bits per heavy atom. The summed E-state index contributed by atoms with van der Waals surface area (Å²) in [5, 5.41) is 3.04. The van der Waals surface area contributed by atoms with E-state index in [1.807, 2.05) is 72.4 Å². The molecule has 4 nitrogen and oxygen atoms in total. The number of imidazole rings is 1. The van der Waals surface area contributed by atoms with Gasteiger partial charge in [-0.15, -0.1) is 0 Å². The van der Waals surface area contributed by atoms with Crippen molar-refractivity contribution in [2.24, 2.45) is 7.05 Å². The van der Waals surface area contributed by atoms with Crippen LogP contribution in [0.15, 0.2) is 77.5 Å². The highest BCUT2D eigenvalue weighted by molar-refractivity contribution is 9.10. The van der Waals surface area contributed by atoms with Crippen molar-refractivity contribution in [2.75, 3.05) is 0 Å².